The lowest BCUT2D eigenvalue weighted by Crippen LogP contribution is -2.07. The van der Waals surface area contributed by atoms with Crippen LogP contribution >= 0.6 is 11.6 Å². The zero-order chi connectivity index (χ0) is 21.8. The van der Waals surface area contributed by atoms with Gasteiger partial charge in [-0.25, -0.2) is 0 Å². The number of carbonyl (C=O) groups excluding carboxylic acids is 1. The van der Waals surface area contributed by atoms with Crippen LogP contribution < -0.4 is 9.47 Å². The number of ether oxygens (including phenoxy) is 2. The molecule has 0 amide bonds. The van der Waals surface area contributed by atoms with Crippen LogP contribution in [0.15, 0.2) is 42.5 Å². The van der Waals surface area contributed by atoms with Crippen LogP contribution in [0.3, 0.4) is 0 Å². The van der Waals surface area contributed by atoms with Crippen molar-refractivity contribution in [3.63, 3.8) is 0 Å². The molecule has 0 fully saturated rings. The molecule has 0 aliphatic carbocycles. The standard InChI is InChI=1S/C26H35ClO3/c1-4-6-7-8-11-26(28)30-23-15-12-21(13-16-23)22-14-17-25(24(27)19-22)29-18-9-10-20(3)5-2/h12-17,19-20H,4-11,18H2,1-3H3/t20-/m0/s1. The molecule has 0 aromatic heterocycles. The molecule has 0 heterocycles. The first kappa shape index (κ1) is 24.3. The lowest BCUT2D eigenvalue weighted by Gasteiger charge is -2.12. The number of benzene rings is 2. The molecular weight excluding hydrogens is 396 g/mol. The first-order chi connectivity index (χ1) is 14.5. The molecule has 0 unspecified atom stereocenters. The number of carbonyl (C=O) groups is 1. The molecule has 0 radical (unpaired) electrons. The summed E-state index contributed by atoms with van der Waals surface area (Å²) in [4.78, 5) is 11.9. The van der Waals surface area contributed by atoms with Gasteiger partial charge in [-0.1, -0.05) is 76.3 Å². The zero-order valence-corrected chi connectivity index (χ0v) is 19.3. The predicted octanol–water partition coefficient (Wildman–Crippen LogP) is 8.09. The highest BCUT2D eigenvalue weighted by molar-refractivity contribution is 6.32. The Bertz CT molecular complexity index is 770. The summed E-state index contributed by atoms with van der Waals surface area (Å²) in [5.41, 5.74) is 2.02. The molecule has 164 valence electrons. The molecule has 4 heteroatoms. The van der Waals surface area contributed by atoms with Crippen molar-refractivity contribution in [1.29, 1.82) is 0 Å². The Morgan fingerprint density at radius 2 is 1.70 bits per heavy atom. The quantitative estimate of drug-likeness (QED) is 0.183. The minimum atomic E-state index is -0.170. The van der Waals surface area contributed by atoms with Crippen LogP contribution in [0.25, 0.3) is 11.1 Å². The average molecular weight is 431 g/mol. The summed E-state index contributed by atoms with van der Waals surface area (Å²) in [5.74, 6) is 1.86. The Labute approximate surface area is 186 Å². The van der Waals surface area contributed by atoms with Crippen LogP contribution in [-0.4, -0.2) is 12.6 Å². The molecule has 0 saturated heterocycles. The van der Waals surface area contributed by atoms with E-state index in [1.165, 1.54) is 12.8 Å². The monoisotopic (exact) mass is 430 g/mol. The third-order valence-electron chi connectivity index (χ3n) is 5.38. The number of rotatable bonds is 13. The first-order valence-electron chi connectivity index (χ1n) is 11.3. The Morgan fingerprint density at radius 3 is 2.37 bits per heavy atom. The number of hydrogen-bond acceptors (Lipinski definition) is 3. The third kappa shape index (κ3) is 8.39. The van der Waals surface area contributed by atoms with E-state index in [-0.39, 0.29) is 5.97 Å². The van der Waals surface area contributed by atoms with Crippen molar-refractivity contribution in [2.45, 2.75) is 72.1 Å². The molecule has 0 aliphatic rings. The first-order valence-corrected chi connectivity index (χ1v) is 11.6. The summed E-state index contributed by atoms with van der Waals surface area (Å²) in [5, 5.41) is 0.610. The minimum absolute atomic E-state index is 0.170. The Morgan fingerprint density at radius 1 is 0.967 bits per heavy atom. The smallest absolute Gasteiger partial charge is 0.311 e. The molecule has 0 saturated carbocycles. The molecule has 0 bridgehead atoms. The van der Waals surface area contributed by atoms with E-state index in [1.54, 1.807) is 0 Å². The summed E-state index contributed by atoms with van der Waals surface area (Å²) >= 11 is 6.42. The van der Waals surface area contributed by atoms with Gasteiger partial charge in [-0.05, 0) is 60.6 Å². The third-order valence-corrected chi connectivity index (χ3v) is 5.68. The van der Waals surface area contributed by atoms with Crippen LogP contribution in [0.4, 0.5) is 0 Å². The highest BCUT2D eigenvalue weighted by atomic mass is 35.5. The van der Waals surface area contributed by atoms with Crippen LogP contribution in [0, 0.1) is 5.92 Å². The molecule has 2 aromatic rings. The molecule has 1 atom stereocenters. The van der Waals surface area contributed by atoms with Crippen molar-refractivity contribution in [2.75, 3.05) is 6.61 Å². The highest BCUT2D eigenvalue weighted by Crippen LogP contribution is 2.31. The van der Waals surface area contributed by atoms with E-state index in [0.717, 1.165) is 54.9 Å². The molecule has 30 heavy (non-hydrogen) atoms. The Kier molecular flexibility index (Phi) is 10.8. The summed E-state index contributed by atoms with van der Waals surface area (Å²) in [6.07, 6.45) is 8.15. The van der Waals surface area contributed by atoms with Crippen molar-refractivity contribution in [3.05, 3.63) is 47.5 Å². The van der Waals surface area contributed by atoms with E-state index < -0.39 is 0 Å². The van der Waals surface area contributed by atoms with E-state index in [9.17, 15) is 4.79 Å². The summed E-state index contributed by atoms with van der Waals surface area (Å²) in [6, 6.07) is 13.4. The minimum Gasteiger partial charge on any atom is -0.492 e. The highest BCUT2D eigenvalue weighted by Gasteiger charge is 2.08. The number of halogens is 1. The van der Waals surface area contributed by atoms with Gasteiger partial charge in [0.25, 0.3) is 0 Å². The van der Waals surface area contributed by atoms with E-state index >= 15 is 0 Å². The Hall–Kier alpha value is -2.00. The van der Waals surface area contributed by atoms with Crippen LogP contribution in [-0.2, 0) is 4.79 Å². The normalized spacial score (nSPS) is 11.9. The van der Waals surface area contributed by atoms with E-state index in [2.05, 4.69) is 20.8 Å². The zero-order valence-electron chi connectivity index (χ0n) is 18.6. The lowest BCUT2D eigenvalue weighted by atomic mass is 10.0. The molecule has 3 nitrogen and oxygen atoms in total. The van der Waals surface area contributed by atoms with Gasteiger partial charge < -0.3 is 9.47 Å². The maximum absolute atomic E-state index is 11.9. The van der Waals surface area contributed by atoms with Crippen LogP contribution in [0.2, 0.25) is 5.02 Å². The fraction of sp³-hybridized carbons (Fsp3) is 0.500. The largest absolute Gasteiger partial charge is 0.492 e. The SMILES string of the molecule is CCCCCCC(=O)Oc1ccc(-c2ccc(OCCC[C@@H](C)CC)c(Cl)c2)cc1. The fourth-order valence-electron chi connectivity index (χ4n) is 3.21. The van der Waals surface area contributed by atoms with E-state index in [1.807, 2.05) is 42.5 Å². The van der Waals surface area contributed by atoms with Gasteiger partial charge in [-0.2, -0.15) is 0 Å². The number of hydrogen-bond donors (Lipinski definition) is 0. The molecule has 0 aliphatic heterocycles. The van der Waals surface area contributed by atoms with E-state index in [4.69, 9.17) is 21.1 Å². The molecular formula is C26H35ClO3. The van der Waals surface area contributed by atoms with Gasteiger partial charge in [0.15, 0.2) is 0 Å². The average Bonchev–Trinajstić information content (AvgIpc) is 2.75. The summed E-state index contributed by atoms with van der Waals surface area (Å²) in [6.45, 7) is 7.32. The maximum atomic E-state index is 11.9. The maximum Gasteiger partial charge on any atom is 0.311 e. The molecule has 2 rings (SSSR count). The fourth-order valence-corrected chi connectivity index (χ4v) is 3.44. The predicted molar refractivity (Wildman–Crippen MR) is 125 cm³/mol. The van der Waals surface area contributed by atoms with Gasteiger partial charge in [-0.15, -0.1) is 0 Å². The van der Waals surface area contributed by atoms with Gasteiger partial charge in [0.05, 0.1) is 11.6 Å². The second-order valence-corrected chi connectivity index (χ2v) is 8.37. The second kappa shape index (κ2) is 13.3. The van der Waals surface area contributed by atoms with Crippen LogP contribution in [0.1, 0.15) is 72.1 Å². The van der Waals surface area contributed by atoms with Gasteiger partial charge in [0, 0.05) is 6.42 Å². The van der Waals surface area contributed by atoms with Crippen LogP contribution in [0.5, 0.6) is 11.5 Å². The van der Waals surface area contributed by atoms with Gasteiger partial charge in [0.2, 0.25) is 0 Å². The van der Waals surface area contributed by atoms with Crippen molar-refractivity contribution < 1.29 is 14.3 Å². The summed E-state index contributed by atoms with van der Waals surface area (Å²) in [7, 11) is 0. The van der Waals surface area contributed by atoms with Crippen molar-refractivity contribution >= 4 is 17.6 Å². The van der Waals surface area contributed by atoms with Gasteiger partial charge in [-0.3, -0.25) is 4.79 Å². The molecule has 2 aromatic carbocycles. The van der Waals surface area contributed by atoms with Gasteiger partial charge >= 0.3 is 5.97 Å². The second-order valence-electron chi connectivity index (χ2n) is 7.96. The lowest BCUT2D eigenvalue weighted by molar-refractivity contribution is -0.134. The van der Waals surface area contributed by atoms with Gasteiger partial charge in [0.1, 0.15) is 11.5 Å². The van der Waals surface area contributed by atoms with Crippen molar-refractivity contribution in [1.82, 2.24) is 0 Å². The summed E-state index contributed by atoms with van der Waals surface area (Å²) < 4.78 is 11.3. The van der Waals surface area contributed by atoms with Crippen molar-refractivity contribution in [3.8, 4) is 22.6 Å². The molecule has 0 spiro atoms. The van der Waals surface area contributed by atoms with Crippen molar-refractivity contribution in [2.24, 2.45) is 5.92 Å². The number of esters is 1. The Balaban J connectivity index is 1.87. The number of unbranched alkanes of at least 4 members (excludes halogenated alkanes) is 3. The topological polar surface area (TPSA) is 35.5 Å². The molecule has 0 N–H and O–H groups in total. The van der Waals surface area contributed by atoms with E-state index in [0.29, 0.717) is 23.8 Å².